The summed E-state index contributed by atoms with van der Waals surface area (Å²) in [6, 6.07) is 32.4. The number of nitrogens with zero attached hydrogens (tertiary/aromatic N) is 1. The molecule has 0 spiro atoms. The number of H-pyrrole nitrogens is 1. The first-order chi connectivity index (χ1) is 18.2. The van der Waals surface area contributed by atoms with E-state index in [1.807, 2.05) is 97.2 Å². The summed E-state index contributed by atoms with van der Waals surface area (Å²) in [5, 5.41) is 3.96. The van der Waals surface area contributed by atoms with E-state index in [4.69, 9.17) is 4.74 Å². The summed E-state index contributed by atoms with van der Waals surface area (Å²) in [7, 11) is 0. The summed E-state index contributed by atoms with van der Waals surface area (Å²) in [5.41, 5.74) is 5.23. The zero-order valence-electron chi connectivity index (χ0n) is 20.1. The highest BCUT2D eigenvalue weighted by molar-refractivity contribution is 6.04. The van der Waals surface area contributed by atoms with Crippen LogP contribution in [0.3, 0.4) is 0 Å². The van der Waals surface area contributed by atoms with E-state index in [0.29, 0.717) is 23.6 Å². The number of aromatic nitrogens is 1. The quantitative estimate of drug-likeness (QED) is 0.299. The molecule has 182 valence electrons. The maximum absolute atomic E-state index is 13.4. The van der Waals surface area contributed by atoms with E-state index < -0.39 is 0 Å². The van der Waals surface area contributed by atoms with Crippen molar-refractivity contribution in [3.8, 4) is 5.75 Å². The van der Waals surface area contributed by atoms with Gasteiger partial charge in [0.2, 0.25) is 5.91 Å². The second kappa shape index (κ2) is 9.66. The number of aromatic amines is 1. The molecule has 0 fully saturated rings. The maximum Gasteiger partial charge on any atom is 0.255 e. The number of hydrogen-bond acceptors (Lipinski definition) is 3. The van der Waals surface area contributed by atoms with Crippen molar-refractivity contribution < 1.29 is 14.3 Å². The fourth-order valence-corrected chi connectivity index (χ4v) is 4.92. The summed E-state index contributed by atoms with van der Waals surface area (Å²) in [4.78, 5) is 31.4. The summed E-state index contributed by atoms with van der Waals surface area (Å²) < 4.78 is 5.83. The highest BCUT2D eigenvalue weighted by atomic mass is 16.5. The van der Waals surface area contributed by atoms with E-state index >= 15 is 0 Å². The number of fused-ring (bicyclic) bond motifs is 2. The number of amides is 2. The van der Waals surface area contributed by atoms with Crippen LogP contribution >= 0.6 is 0 Å². The van der Waals surface area contributed by atoms with E-state index in [1.165, 1.54) is 0 Å². The zero-order valence-corrected chi connectivity index (χ0v) is 20.1. The van der Waals surface area contributed by atoms with Crippen LogP contribution in [0.4, 0.5) is 5.69 Å². The molecular weight excluding hydrogens is 462 g/mol. The Hall–Kier alpha value is -4.84. The first-order valence-corrected chi connectivity index (χ1v) is 12.2. The van der Waals surface area contributed by atoms with Gasteiger partial charge in [0.1, 0.15) is 18.9 Å². The minimum atomic E-state index is -0.348. The molecule has 0 bridgehead atoms. The van der Waals surface area contributed by atoms with Gasteiger partial charge in [0.05, 0.1) is 6.04 Å². The van der Waals surface area contributed by atoms with Crippen molar-refractivity contribution in [2.45, 2.75) is 12.6 Å². The molecule has 0 radical (unpaired) electrons. The molecule has 4 aromatic carbocycles. The molecule has 1 aliphatic heterocycles. The van der Waals surface area contributed by atoms with Crippen molar-refractivity contribution in [3.63, 3.8) is 0 Å². The van der Waals surface area contributed by atoms with Gasteiger partial charge in [-0.25, -0.2) is 0 Å². The fraction of sp³-hybridized carbons (Fsp3) is 0.0968. The lowest BCUT2D eigenvalue weighted by atomic mass is 9.97. The molecule has 0 saturated heterocycles. The molecule has 0 aliphatic carbocycles. The van der Waals surface area contributed by atoms with Crippen LogP contribution in [0.15, 0.2) is 109 Å². The summed E-state index contributed by atoms with van der Waals surface area (Å²) in [5.74, 6) is 0.307. The lowest BCUT2D eigenvalue weighted by molar-refractivity contribution is -0.117. The second-order valence-corrected chi connectivity index (χ2v) is 9.06. The normalized spacial score (nSPS) is 14.5. The van der Waals surface area contributed by atoms with Crippen LogP contribution in [-0.4, -0.2) is 28.2 Å². The van der Waals surface area contributed by atoms with Gasteiger partial charge in [0.15, 0.2) is 0 Å². The van der Waals surface area contributed by atoms with E-state index in [1.54, 1.807) is 17.0 Å². The number of carbonyl (C=O) groups is 2. The summed E-state index contributed by atoms with van der Waals surface area (Å²) >= 11 is 0. The predicted octanol–water partition coefficient (Wildman–Crippen LogP) is 5.93. The average Bonchev–Trinajstić information content (AvgIpc) is 3.47. The second-order valence-electron chi connectivity index (χ2n) is 9.06. The molecule has 6 heteroatoms. The Balaban J connectivity index is 1.18. The lowest BCUT2D eigenvalue weighted by Gasteiger charge is -2.25. The highest BCUT2D eigenvalue weighted by Gasteiger charge is 2.39. The molecule has 1 aliphatic rings. The van der Waals surface area contributed by atoms with Gasteiger partial charge in [0.25, 0.3) is 5.91 Å². The van der Waals surface area contributed by atoms with Crippen LogP contribution in [0.1, 0.15) is 33.1 Å². The van der Waals surface area contributed by atoms with Gasteiger partial charge in [-0.05, 0) is 47.5 Å². The van der Waals surface area contributed by atoms with Crippen LogP contribution in [0.2, 0.25) is 0 Å². The molecule has 6 rings (SSSR count). The number of carbonyl (C=O) groups excluding carboxylic acids is 2. The Morgan fingerprint density at radius 1 is 0.838 bits per heavy atom. The van der Waals surface area contributed by atoms with E-state index in [-0.39, 0.29) is 24.4 Å². The topological polar surface area (TPSA) is 74.4 Å². The number of anilines is 1. The minimum Gasteiger partial charge on any atom is -0.489 e. The average molecular weight is 488 g/mol. The van der Waals surface area contributed by atoms with E-state index in [0.717, 1.165) is 27.6 Å². The van der Waals surface area contributed by atoms with Crippen LogP contribution in [0.5, 0.6) is 5.75 Å². The maximum atomic E-state index is 13.4. The van der Waals surface area contributed by atoms with Gasteiger partial charge < -0.3 is 19.9 Å². The van der Waals surface area contributed by atoms with Crippen LogP contribution < -0.4 is 10.1 Å². The van der Waals surface area contributed by atoms with Gasteiger partial charge in [-0.3, -0.25) is 9.59 Å². The van der Waals surface area contributed by atoms with Crippen LogP contribution in [0, 0.1) is 0 Å². The number of ether oxygens (including phenoxy) is 1. The third kappa shape index (κ3) is 4.45. The van der Waals surface area contributed by atoms with E-state index in [9.17, 15) is 9.59 Å². The number of para-hydroxylation sites is 1. The van der Waals surface area contributed by atoms with Crippen molar-refractivity contribution >= 4 is 28.4 Å². The Labute approximate surface area is 214 Å². The third-order valence-corrected chi connectivity index (χ3v) is 6.67. The van der Waals surface area contributed by atoms with Gasteiger partial charge >= 0.3 is 0 Å². The molecule has 0 saturated carbocycles. The molecule has 5 aromatic rings. The molecule has 2 N–H and O–H groups in total. The van der Waals surface area contributed by atoms with Crippen molar-refractivity contribution in [3.05, 3.63) is 132 Å². The summed E-state index contributed by atoms with van der Waals surface area (Å²) in [6.45, 7) is 0.406. The van der Waals surface area contributed by atoms with Gasteiger partial charge in [-0.2, -0.15) is 0 Å². The lowest BCUT2D eigenvalue weighted by Crippen LogP contribution is -2.36. The van der Waals surface area contributed by atoms with Crippen LogP contribution in [0.25, 0.3) is 10.9 Å². The fourth-order valence-electron chi connectivity index (χ4n) is 4.92. The Morgan fingerprint density at radius 2 is 1.57 bits per heavy atom. The molecular formula is C31H25N3O3. The molecule has 2 amide bonds. The van der Waals surface area contributed by atoms with Crippen molar-refractivity contribution in [1.82, 2.24) is 9.88 Å². The summed E-state index contributed by atoms with van der Waals surface area (Å²) in [6.07, 6.45) is 1.93. The standard InChI is InChI=1S/C31H25N3O3/c35-29(33-22-14-16-23(17-15-22)37-20-21-8-2-1-3-9-21)19-34-30(25-11-4-5-12-26(25)31(34)36)27-18-32-28-13-7-6-10-24(27)28/h1-18,30,32H,19-20H2,(H,33,35)/t30-/m0/s1. The molecule has 0 unspecified atom stereocenters. The SMILES string of the molecule is O=C(CN1C(=O)c2ccccc2[C@H]1c1c[nH]c2ccccc12)Nc1ccc(OCc2ccccc2)cc1. The van der Waals surface area contributed by atoms with Gasteiger partial charge in [-0.1, -0.05) is 66.7 Å². The van der Waals surface area contributed by atoms with Crippen molar-refractivity contribution in [1.29, 1.82) is 0 Å². The predicted molar refractivity (Wildman–Crippen MR) is 143 cm³/mol. The molecule has 1 atom stereocenters. The first-order valence-electron chi connectivity index (χ1n) is 12.2. The largest absolute Gasteiger partial charge is 0.489 e. The number of nitrogens with one attached hydrogen (secondary N) is 2. The molecule has 2 heterocycles. The van der Waals surface area contributed by atoms with Gasteiger partial charge in [-0.15, -0.1) is 0 Å². The minimum absolute atomic E-state index is 0.0655. The number of benzene rings is 4. The van der Waals surface area contributed by atoms with Crippen molar-refractivity contribution in [2.75, 3.05) is 11.9 Å². The molecule has 6 nitrogen and oxygen atoms in total. The molecule has 1 aromatic heterocycles. The van der Waals surface area contributed by atoms with E-state index in [2.05, 4.69) is 10.3 Å². The Bertz CT molecular complexity index is 1570. The molecule has 37 heavy (non-hydrogen) atoms. The third-order valence-electron chi connectivity index (χ3n) is 6.67. The zero-order chi connectivity index (χ0) is 25.2. The smallest absolute Gasteiger partial charge is 0.255 e. The Kier molecular flexibility index (Phi) is 5.91. The van der Waals surface area contributed by atoms with Crippen LogP contribution in [-0.2, 0) is 11.4 Å². The Morgan fingerprint density at radius 3 is 2.41 bits per heavy atom. The highest BCUT2D eigenvalue weighted by Crippen LogP contribution is 2.40. The van der Waals surface area contributed by atoms with Gasteiger partial charge in [0, 0.05) is 33.9 Å². The van der Waals surface area contributed by atoms with Crippen molar-refractivity contribution in [2.24, 2.45) is 0 Å². The first kappa shape index (κ1) is 22.6. The number of hydrogen-bond donors (Lipinski definition) is 2. The number of rotatable bonds is 7. The monoisotopic (exact) mass is 487 g/mol.